The van der Waals surface area contributed by atoms with Crippen LogP contribution in [0.5, 0.6) is 0 Å². The lowest BCUT2D eigenvalue weighted by molar-refractivity contribution is 1.66. The van der Waals surface area contributed by atoms with Crippen LogP contribution in [0.1, 0.15) is 0 Å². The Morgan fingerprint density at radius 2 is 0.708 bits per heavy atom. The summed E-state index contributed by atoms with van der Waals surface area (Å²) in [5.41, 5.74) is 13.3. The Morgan fingerprint density at radius 1 is 0.208 bits per heavy atom. The van der Waals surface area contributed by atoms with E-state index >= 15 is 0 Å². The molecule has 0 bridgehead atoms. The highest BCUT2D eigenvalue weighted by Crippen LogP contribution is 2.53. The topological polar surface area (TPSA) is 0 Å². The third-order valence-corrected chi connectivity index (χ3v) is 11.3. The summed E-state index contributed by atoms with van der Waals surface area (Å²) in [4.78, 5) is 0. The molecule has 48 heavy (non-hydrogen) atoms. The number of hydrogen-bond acceptors (Lipinski definition) is 0. The van der Waals surface area contributed by atoms with Crippen molar-refractivity contribution in [2.24, 2.45) is 0 Å². The summed E-state index contributed by atoms with van der Waals surface area (Å²) in [6, 6.07) is 59.5. The van der Waals surface area contributed by atoms with Gasteiger partial charge in [0.2, 0.25) is 0 Å². The van der Waals surface area contributed by atoms with Crippen molar-refractivity contribution in [3.05, 3.63) is 158 Å². The van der Waals surface area contributed by atoms with Crippen LogP contribution in [0.2, 0.25) is 0 Å². The van der Waals surface area contributed by atoms with Crippen LogP contribution in [-0.4, -0.2) is 0 Å². The minimum absolute atomic E-state index is 1.26. The molecule has 0 saturated heterocycles. The fourth-order valence-electron chi connectivity index (χ4n) is 9.20. The Hall–Kier alpha value is -6.24. The molecule has 10 aromatic carbocycles. The Kier molecular flexibility index (Phi) is 4.55. The quantitative estimate of drug-likeness (QED) is 0.164. The Labute approximate surface area is 277 Å². The summed E-state index contributed by atoms with van der Waals surface area (Å²) < 4.78 is 0. The molecule has 2 aliphatic rings. The summed E-state index contributed by atoms with van der Waals surface area (Å²) in [6.45, 7) is 0. The first-order valence-electron chi connectivity index (χ1n) is 16.8. The zero-order valence-corrected chi connectivity index (χ0v) is 26.0. The van der Waals surface area contributed by atoms with Gasteiger partial charge in [-0.1, -0.05) is 127 Å². The normalized spacial score (nSPS) is 12.6. The maximum Gasteiger partial charge on any atom is -0.00199 e. The molecule has 0 aliphatic heterocycles. The lowest BCUT2D eigenvalue weighted by Crippen LogP contribution is -1.86. The lowest BCUT2D eigenvalue weighted by Gasteiger charge is -2.13. The Balaban J connectivity index is 1.12. The van der Waals surface area contributed by atoms with Crippen molar-refractivity contribution in [2.45, 2.75) is 0 Å². The molecule has 0 aromatic heterocycles. The molecule has 0 heterocycles. The van der Waals surface area contributed by atoms with Crippen molar-refractivity contribution in [1.29, 1.82) is 0 Å². The highest BCUT2D eigenvalue weighted by atomic mass is 14.3. The van der Waals surface area contributed by atoms with Crippen LogP contribution in [0.15, 0.2) is 158 Å². The predicted molar refractivity (Wildman–Crippen MR) is 206 cm³/mol. The van der Waals surface area contributed by atoms with Gasteiger partial charge in [-0.2, -0.15) is 0 Å². The van der Waals surface area contributed by atoms with Crippen molar-refractivity contribution in [2.75, 3.05) is 0 Å². The molecular weight excluding hydrogens is 577 g/mol. The third kappa shape index (κ3) is 3.06. The van der Waals surface area contributed by atoms with Gasteiger partial charge in [0.25, 0.3) is 0 Å². The van der Waals surface area contributed by atoms with E-state index in [1.807, 2.05) is 0 Å². The molecule has 0 heteroatoms. The van der Waals surface area contributed by atoms with Gasteiger partial charge in [-0.05, 0) is 151 Å². The van der Waals surface area contributed by atoms with Crippen molar-refractivity contribution in [1.82, 2.24) is 0 Å². The van der Waals surface area contributed by atoms with Gasteiger partial charge >= 0.3 is 0 Å². The first-order chi connectivity index (χ1) is 23.8. The van der Waals surface area contributed by atoms with Gasteiger partial charge in [0.05, 0.1) is 0 Å². The van der Waals surface area contributed by atoms with Crippen molar-refractivity contribution < 1.29 is 0 Å². The molecule has 0 spiro atoms. The van der Waals surface area contributed by atoms with Gasteiger partial charge < -0.3 is 0 Å². The SMILES string of the molecule is c1ccc(-c2cccc3c2cc2c4c(cccc43)-c3cc4c(ccc5c6cc7c(cc6ccc45)-c4cccc5cccc-7c45)cc3-2)cc1. The molecule has 0 N–H and O–H groups in total. The Bertz CT molecular complexity index is 3080. The van der Waals surface area contributed by atoms with Crippen LogP contribution in [0.25, 0.3) is 120 Å². The van der Waals surface area contributed by atoms with Crippen LogP contribution in [0, 0.1) is 0 Å². The number of fused-ring (bicyclic) bond motifs is 13. The van der Waals surface area contributed by atoms with Crippen LogP contribution in [0.4, 0.5) is 0 Å². The minimum atomic E-state index is 1.26. The van der Waals surface area contributed by atoms with E-state index in [2.05, 4.69) is 158 Å². The molecule has 0 atom stereocenters. The molecule has 0 nitrogen and oxygen atoms in total. The first-order valence-corrected chi connectivity index (χ1v) is 16.8. The molecule has 0 amide bonds. The predicted octanol–water partition coefficient (Wildman–Crippen LogP) is 13.6. The van der Waals surface area contributed by atoms with Crippen LogP contribution < -0.4 is 0 Å². The highest BCUT2D eigenvalue weighted by molar-refractivity contribution is 6.28. The second kappa shape index (κ2) is 8.76. The number of hydrogen-bond donors (Lipinski definition) is 0. The standard InChI is InChI=1S/C48H26/c1-2-8-27(9-3-1)31-12-6-13-32-35-16-7-17-38-45-25-40-30(23-42(45)46(48(35)38)26-43(31)32)19-21-33-34(40)20-18-29-22-41-36-14-4-10-28-11-5-15-37(47(28)36)44(41)24-39(29)33/h1-26H. The molecule has 0 fully saturated rings. The van der Waals surface area contributed by atoms with E-state index in [4.69, 9.17) is 0 Å². The summed E-state index contributed by atoms with van der Waals surface area (Å²) in [6.07, 6.45) is 0. The van der Waals surface area contributed by atoms with E-state index in [9.17, 15) is 0 Å². The van der Waals surface area contributed by atoms with Crippen LogP contribution in [-0.2, 0) is 0 Å². The minimum Gasteiger partial charge on any atom is -0.0622 e. The van der Waals surface area contributed by atoms with Crippen molar-refractivity contribution in [3.63, 3.8) is 0 Å². The second-order valence-electron chi connectivity index (χ2n) is 13.6. The average Bonchev–Trinajstić information content (AvgIpc) is 3.63. The van der Waals surface area contributed by atoms with Gasteiger partial charge in [0, 0.05) is 0 Å². The van der Waals surface area contributed by atoms with Gasteiger partial charge in [0.15, 0.2) is 0 Å². The maximum atomic E-state index is 2.47. The number of rotatable bonds is 1. The van der Waals surface area contributed by atoms with E-state index in [-0.39, 0.29) is 0 Å². The molecular formula is C48H26. The smallest absolute Gasteiger partial charge is 0.00199 e. The van der Waals surface area contributed by atoms with Gasteiger partial charge in [-0.15, -0.1) is 0 Å². The Morgan fingerprint density at radius 3 is 1.38 bits per heavy atom. The van der Waals surface area contributed by atoms with E-state index < -0.39 is 0 Å². The highest BCUT2D eigenvalue weighted by Gasteiger charge is 2.25. The summed E-state index contributed by atoms with van der Waals surface area (Å²) >= 11 is 0. The fourth-order valence-corrected chi connectivity index (χ4v) is 9.20. The molecule has 0 radical (unpaired) electrons. The van der Waals surface area contributed by atoms with Gasteiger partial charge in [-0.25, -0.2) is 0 Å². The van der Waals surface area contributed by atoms with Crippen molar-refractivity contribution in [3.8, 4) is 55.6 Å². The van der Waals surface area contributed by atoms with E-state index in [1.54, 1.807) is 0 Å². The van der Waals surface area contributed by atoms with E-state index in [0.29, 0.717) is 0 Å². The first kappa shape index (κ1) is 24.9. The largest absolute Gasteiger partial charge is 0.0622 e. The molecule has 218 valence electrons. The van der Waals surface area contributed by atoms with E-state index in [1.165, 1.54) is 120 Å². The second-order valence-corrected chi connectivity index (χ2v) is 13.6. The van der Waals surface area contributed by atoms with Crippen molar-refractivity contribution >= 4 is 64.6 Å². The molecule has 0 saturated carbocycles. The molecule has 2 aliphatic carbocycles. The summed E-state index contributed by atoms with van der Waals surface area (Å²) in [5.74, 6) is 0. The molecule has 0 unspecified atom stereocenters. The third-order valence-electron chi connectivity index (χ3n) is 11.3. The van der Waals surface area contributed by atoms with Crippen LogP contribution >= 0.6 is 0 Å². The zero-order valence-electron chi connectivity index (χ0n) is 26.0. The van der Waals surface area contributed by atoms with E-state index in [0.717, 1.165) is 0 Å². The summed E-state index contributed by atoms with van der Waals surface area (Å²) in [5, 5.41) is 15.9. The van der Waals surface area contributed by atoms with Gasteiger partial charge in [-0.3, -0.25) is 0 Å². The molecule has 10 aromatic rings. The van der Waals surface area contributed by atoms with Gasteiger partial charge in [0.1, 0.15) is 0 Å². The summed E-state index contributed by atoms with van der Waals surface area (Å²) in [7, 11) is 0. The molecule has 12 rings (SSSR count). The zero-order chi connectivity index (χ0) is 31.1. The number of benzene rings is 10. The van der Waals surface area contributed by atoms with Crippen LogP contribution in [0.3, 0.4) is 0 Å². The lowest BCUT2D eigenvalue weighted by atomic mass is 9.90. The maximum absolute atomic E-state index is 2.47. The fraction of sp³-hybridized carbons (Fsp3) is 0. The monoisotopic (exact) mass is 602 g/mol. The average molecular weight is 603 g/mol.